The molecule has 2 heterocycles. The van der Waals surface area contributed by atoms with Crippen LogP contribution in [0.15, 0.2) is 52.2 Å². The monoisotopic (exact) mass is 539 g/mol. The molecule has 6 atom stereocenters. The molecule has 3 rings (SSSR count). The van der Waals surface area contributed by atoms with Crippen LogP contribution in [0.4, 0.5) is 4.39 Å². The number of alkyl halides is 1. The Hall–Kier alpha value is -3.27. The van der Waals surface area contributed by atoms with Gasteiger partial charge in [0.15, 0.2) is 6.23 Å². The molecule has 12 nitrogen and oxygen atoms in total. The SMILES string of the molecule is C#C[C@@]1(F)[C@H](O)[C@@H](CO[P@@](=O)(N[C@@H](C)C(=O)OC(C)C)Oc2ccccc2)O[C@H]1n1ccc(=O)[nH]c1=O. The lowest BCUT2D eigenvalue weighted by Crippen LogP contribution is -2.45. The Bertz CT molecular complexity index is 1310. The molecule has 0 saturated carbocycles. The number of hydrogen-bond donors (Lipinski definition) is 3. The van der Waals surface area contributed by atoms with E-state index in [1.807, 2.05) is 4.98 Å². The van der Waals surface area contributed by atoms with E-state index < -0.39 is 67.8 Å². The molecule has 1 aliphatic rings. The van der Waals surface area contributed by atoms with Crippen molar-refractivity contribution in [3.8, 4) is 18.1 Å². The van der Waals surface area contributed by atoms with Gasteiger partial charge in [-0.2, -0.15) is 5.09 Å². The summed E-state index contributed by atoms with van der Waals surface area (Å²) in [6.45, 7) is 3.92. The van der Waals surface area contributed by atoms with Crippen molar-refractivity contribution in [2.75, 3.05) is 6.61 Å². The van der Waals surface area contributed by atoms with Gasteiger partial charge in [-0.05, 0) is 32.9 Å². The van der Waals surface area contributed by atoms with Gasteiger partial charge in [0, 0.05) is 12.3 Å². The molecule has 3 N–H and O–H groups in total. The van der Waals surface area contributed by atoms with Gasteiger partial charge in [-0.25, -0.2) is 13.8 Å². The minimum Gasteiger partial charge on any atom is -0.462 e. The van der Waals surface area contributed by atoms with E-state index in [4.69, 9.17) is 24.9 Å². The maximum Gasteiger partial charge on any atom is 0.459 e. The minimum atomic E-state index is -4.36. The predicted molar refractivity (Wildman–Crippen MR) is 128 cm³/mol. The number of terminal acetylenes is 1. The molecule has 1 aromatic heterocycles. The number of benzene rings is 1. The van der Waals surface area contributed by atoms with Gasteiger partial charge in [0.05, 0.1) is 12.7 Å². The molecule has 1 saturated heterocycles. The van der Waals surface area contributed by atoms with Crippen molar-refractivity contribution in [3.05, 3.63) is 63.4 Å². The number of aromatic amines is 1. The molecule has 1 fully saturated rings. The summed E-state index contributed by atoms with van der Waals surface area (Å²) in [4.78, 5) is 37.8. The lowest BCUT2D eigenvalue weighted by molar-refractivity contribution is -0.149. The van der Waals surface area contributed by atoms with E-state index in [9.17, 15) is 24.1 Å². The first kappa shape index (κ1) is 28.3. The number of rotatable bonds is 10. The van der Waals surface area contributed by atoms with Crippen molar-refractivity contribution in [2.24, 2.45) is 0 Å². The van der Waals surface area contributed by atoms with Crippen LogP contribution < -0.4 is 20.9 Å². The van der Waals surface area contributed by atoms with Crippen LogP contribution in [0, 0.1) is 12.3 Å². The number of para-hydroxylation sites is 1. The largest absolute Gasteiger partial charge is 0.462 e. The summed E-state index contributed by atoms with van der Waals surface area (Å²) >= 11 is 0. The number of aromatic nitrogens is 2. The number of ether oxygens (including phenoxy) is 2. The number of carbonyl (C=O) groups is 1. The number of hydrogen-bond acceptors (Lipinski definition) is 9. The Morgan fingerprint density at radius 3 is 2.59 bits per heavy atom. The summed E-state index contributed by atoms with van der Waals surface area (Å²) in [6, 6.07) is 7.68. The Kier molecular flexibility index (Phi) is 8.73. The third-order valence-electron chi connectivity index (χ3n) is 5.21. The lowest BCUT2D eigenvalue weighted by atomic mass is 9.97. The molecule has 2 aromatic rings. The van der Waals surface area contributed by atoms with Gasteiger partial charge in [-0.3, -0.25) is 23.7 Å². The van der Waals surface area contributed by atoms with Crippen molar-refractivity contribution in [1.82, 2.24) is 14.6 Å². The van der Waals surface area contributed by atoms with Crippen molar-refractivity contribution in [1.29, 1.82) is 0 Å². The van der Waals surface area contributed by atoms with Crippen LogP contribution in [-0.2, 0) is 23.4 Å². The maximum atomic E-state index is 15.6. The molecule has 0 unspecified atom stereocenters. The molecular formula is C23H27FN3O9P. The summed E-state index contributed by atoms with van der Waals surface area (Å²) in [5, 5.41) is 13.1. The lowest BCUT2D eigenvalue weighted by Gasteiger charge is -2.25. The Labute approximate surface area is 211 Å². The van der Waals surface area contributed by atoms with Gasteiger partial charge in [-0.15, -0.1) is 6.42 Å². The Balaban J connectivity index is 1.84. The number of halogens is 1. The Morgan fingerprint density at radius 1 is 1.32 bits per heavy atom. The smallest absolute Gasteiger partial charge is 0.459 e. The quantitative estimate of drug-likeness (QED) is 0.228. The standard InChI is InChI=1S/C23H27FN3O9P/c1-5-23(24)19(29)17(35-21(23)27-12-11-18(28)25-22(27)31)13-33-37(32,36-16-9-7-6-8-10-16)26-15(4)20(30)34-14(2)3/h1,6-12,14-15,17,19,21,29H,13H2,2-4H3,(H,26,32)(H,25,28,31)/t15-,17+,19+,21+,23+,37-/m0/s1. The summed E-state index contributed by atoms with van der Waals surface area (Å²) in [5.74, 6) is 1.17. The number of esters is 1. The van der Waals surface area contributed by atoms with Crippen LogP contribution >= 0.6 is 7.75 Å². The molecule has 0 aliphatic carbocycles. The van der Waals surface area contributed by atoms with Crippen molar-refractivity contribution in [2.45, 2.75) is 57.0 Å². The number of aliphatic hydroxyl groups excluding tert-OH is 1. The van der Waals surface area contributed by atoms with Gasteiger partial charge in [-0.1, -0.05) is 24.1 Å². The molecule has 1 aliphatic heterocycles. The molecular weight excluding hydrogens is 512 g/mol. The highest BCUT2D eigenvalue weighted by Crippen LogP contribution is 2.47. The normalized spacial score (nSPS) is 25.7. The van der Waals surface area contributed by atoms with E-state index in [1.165, 1.54) is 19.1 Å². The first-order chi connectivity index (χ1) is 17.4. The highest BCUT2D eigenvalue weighted by molar-refractivity contribution is 7.52. The summed E-state index contributed by atoms with van der Waals surface area (Å²) < 4.78 is 51.4. The molecule has 0 radical (unpaired) electrons. The average Bonchev–Trinajstić information content (AvgIpc) is 3.08. The number of aliphatic hydroxyl groups is 1. The molecule has 37 heavy (non-hydrogen) atoms. The van der Waals surface area contributed by atoms with Crippen molar-refractivity contribution >= 4 is 13.7 Å². The van der Waals surface area contributed by atoms with Gasteiger partial charge in [0.1, 0.15) is 24.0 Å². The fourth-order valence-electron chi connectivity index (χ4n) is 3.43. The molecule has 1 aromatic carbocycles. The second-order valence-corrected chi connectivity index (χ2v) is 10.1. The third-order valence-corrected chi connectivity index (χ3v) is 6.85. The maximum absolute atomic E-state index is 15.6. The molecule has 0 spiro atoms. The van der Waals surface area contributed by atoms with E-state index in [2.05, 4.69) is 5.09 Å². The van der Waals surface area contributed by atoms with Gasteiger partial charge >= 0.3 is 19.4 Å². The highest BCUT2D eigenvalue weighted by atomic mass is 31.2. The zero-order chi connectivity index (χ0) is 27.4. The highest BCUT2D eigenvalue weighted by Gasteiger charge is 2.58. The fourth-order valence-corrected chi connectivity index (χ4v) is 4.93. The van der Waals surface area contributed by atoms with Crippen LogP contribution in [0.3, 0.4) is 0 Å². The fraction of sp³-hybridized carbons (Fsp3) is 0.435. The number of H-pyrrole nitrogens is 1. The first-order valence-electron chi connectivity index (χ1n) is 11.2. The second kappa shape index (κ2) is 11.4. The second-order valence-electron chi connectivity index (χ2n) is 8.44. The van der Waals surface area contributed by atoms with Crippen molar-refractivity contribution < 1.29 is 37.4 Å². The molecule has 0 amide bonds. The zero-order valence-electron chi connectivity index (χ0n) is 20.2. The average molecular weight is 539 g/mol. The summed E-state index contributed by atoms with van der Waals surface area (Å²) in [7, 11) is -4.36. The van der Waals surface area contributed by atoms with E-state index in [1.54, 1.807) is 38.0 Å². The first-order valence-corrected chi connectivity index (χ1v) is 12.7. The van der Waals surface area contributed by atoms with Gasteiger partial charge in [0.25, 0.3) is 5.56 Å². The summed E-state index contributed by atoms with van der Waals surface area (Å²) in [6.07, 6.45) is 0.430. The number of nitrogens with one attached hydrogen (secondary N) is 2. The van der Waals surface area contributed by atoms with E-state index in [0.29, 0.717) is 4.57 Å². The van der Waals surface area contributed by atoms with Crippen LogP contribution in [0.5, 0.6) is 5.75 Å². The minimum absolute atomic E-state index is 0.122. The van der Waals surface area contributed by atoms with Crippen LogP contribution in [0.25, 0.3) is 0 Å². The van der Waals surface area contributed by atoms with Crippen LogP contribution in [0.2, 0.25) is 0 Å². The van der Waals surface area contributed by atoms with E-state index >= 15 is 4.39 Å². The number of nitrogens with zero attached hydrogens (tertiary/aromatic N) is 1. The number of carbonyl (C=O) groups excluding carboxylic acids is 1. The van der Waals surface area contributed by atoms with Crippen LogP contribution in [0.1, 0.15) is 27.0 Å². The molecule has 14 heteroatoms. The summed E-state index contributed by atoms with van der Waals surface area (Å²) in [5.41, 5.74) is -4.68. The molecule has 200 valence electrons. The third kappa shape index (κ3) is 6.54. The Morgan fingerprint density at radius 2 is 2.00 bits per heavy atom. The topological polar surface area (TPSA) is 158 Å². The molecule has 0 bridgehead atoms. The van der Waals surface area contributed by atoms with Crippen molar-refractivity contribution in [3.63, 3.8) is 0 Å². The van der Waals surface area contributed by atoms with Gasteiger partial charge in [0.2, 0.25) is 5.67 Å². The van der Waals surface area contributed by atoms with E-state index in [0.717, 1.165) is 12.3 Å². The zero-order valence-corrected chi connectivity index (χ0v) is 21.1. The van der Waals surface area contributed by atoms with Crippen LogP contribution in [-0.4, -0.2) is 57.3 Å². The predicted octanol–water partition coefficient (Wildman–Crippen LogP) is 1.27. The van der Waals surface area contributed by atoms with E-state index in [-0.39, 0.29) is 5.75 Å². The van der Waals surface area contributed by atoms with Gasteiger partial charge < -0.3 is 19.1 Å².